The van der Waals surface area contributed by atoms with Crippen molar-refractivity contribution >= 4 is 0 Å². The normalized spacial score (nSPS) is 11.7. The first-order valence-electron chi connectivity index (χ1n) is 8.45. The van der Waals surface area contributed by atoms with Crippen LogP contribution in [0.1, 0.15) is 72.1 Å². The van der Waals surface area contributed by atoms with Crippen LogP contribution in [0, 0.1) is 5.92 Å². The molecule has 0 fully saturated rings. The fourth-order valence-corrected chi connectivity index (χ4v) is 2.38. The van der Waals surface area contributed by atoms with E-state index < -0.39 is 0 Å². The summed E-state index contributed by atoms with van der Waals surface area (Å²) in [5.74, 6) is 0.744. The minimum Gasteiger partial charge on any atom is -1.00 e. The highest BCUT2D eigenvalue weighted by molar-refractivity contribution is 4.51. The van der Waals surface area contributed by atoms with Gasteiger partial charge in [-0.25, -0.2) is 0 Å². The van der Waals surface area contributed by atoms with E-state index in [1.807, 2.05) is 0 Å². The zero-order valence-electron chi connectivity index (χ0n) is 14.6. The standard InChI is InChI=1S/C17H38NO.ClH/c1-6-9-10-11-12-13-14-18(4,5)16-19-15-17(7-2)8-3;/h17H,6-16H2,1-5H3;1H/q+1;/p-1. The Morgan fingerprint density at radius 2 is 1.40 bits per heavy atom. The summed E-state index contributed by atoms with van der Waals surface area (Å²) in [5, 5.41) is 0. The predicted molar refractivity (Wildman–Crippen MR) is 85.2 cm³/mol. The SMILES string of the molecule is CCCCCCCC[N+](C)(C)COCC(CC)CC.[Cl-]. The number of unbranched alkanes of at least 4 members (excludes halogenated alkanes) is 5. The first kappa shape index (κ1) is 22.5. The summed E-state index contributed by atoms with van der Waals surface area (Å²) < 4.78 is 6.92. The Bertz CT molecular complexity index is 193. The molecule has 3 heteroatoms. The van der Waals surface area contributed by atoms with Crippen molar-refractivity contribution in [3.8, 4) is 0 Å². The average molecular weight is 308 g/mol. The third kappa shape index (κ3) is 13.2. The molecule has 0 unspecified atom stereocenters. The molecule has 0 saturated carbocycles. The first-order chi connectivity index (χ1) is 9.05. The van der Waals surface area contributed by atoms with E-state index in [-0.39, 0.29) is 12.4 Å². The van der Waals surface area contributed by atoms with Crippen molar-refractivity contribution in [3.63, 3.8) is 0 Å². The van der Waals surface area contributed by atoms with Gasteiger partial charge in [0.15, 0.2) is 6.73 Å². The van der Waals surface area contributed by atoms with Crippen molar-refractivity contribution in [2.75, 3.05) is 34.0 Å². The van der Waals surface area contributed by atoms with Crippen LogP contribution in [0.4, 0.5) is 0 Å². The highest BCUT2D eigenvalue weighted by Gasteiger charge is 2.15. The van der Waals surface area contributed by atoms with Crippen molar-refractivity contribution in [3.05, 3.63) is 0 Å². The zero-order valence-corrected chi connectivity index (χ0v) is 15.3. The van der Waals surface area contributed by atoms with E-state index in [9.17, 15) is 0 Å². The minimum absolute atomic E-state index is 0. The fourth-order valence-electron chi connectivity index (χ4n) is 2.38. The molecule has 0 heterocycles. The summed E-state index contributed by atoms with van der Waals surface area (Å²) in [6, 6.07) is 0. The predicted octanol–water partition coefficient (Wildman–Crippen LogP) is 1.84. The number of hydrogen-bond donors (Lipinski definition) is 0. The molecule has 0 aliphatic rings. The maximum absolute atomic E-state index is 5.91. The van der Waals surface area contributed by atoms with Gasteiger partial charge in [0.25, 0.3) is 0 Å². The van der Waals surface area contributed by atoms with Gasteiger partial charge in [-0.2, -0.15) is 0 Å². The van der Waals surface area contributed by atoms with E-state index >= 15 is 0 Å². The number of quaternary nitrogens is 1. The first-order valence-corrected chi connectivity index (χ1v) is 8.45. The van der Waals surface area contributed by atoms with Crippen LogP contribution in [0.2, 0.25) is 0 Å². The smallest absolute Gasteiger partial charge is 0.182 e. The van der Waals surface area contributed by atoms with Gasteiger partial charge in [0, 0.05) is 0 Å². The molecule has 0 aromatic heterocycles. The van der Waals surface area contributed by atoms with E-state index in [0.29, 0.717) is 0 Å². The Kier molecular flexibility index (Phi) is 15.9. The van der Waals surface area contributed by atoms with Crippen LogP contribution in [0.3, 0.4) is 0 Å². The third-order valence-corrected chi connectivity index (χ3v) is 4.07. The van der Waals surface area contributed by atoms with Crippen LogP contribution < -0.4 is 12.4 Å². The summed E-state index contributed by atoms with van der Waals surface area (Å²) in [5.41, 5.74) is 0. The molecular formula is C17H38ClNO. The molecule has 0 atom stereocenters. The topological polar surface area (TPSA) is 9.23 Å². The quantitative estimate of drug-likeness (QED) is 0.287. The third-order valence-electron chi connectivity index (χ3n) is 4.07. The van der Waals surface area contributed by atoms with Crippen molar-refractivity contribution in [2.45, 2.75) is 72.1 Å². The van der Waals surface area contributed by atoms with E-state index in [0.717, 1.165) is 23.7 Å². The lowest BCUT2D eigenvalue weighted by atomic mass is 10.1. The molecular weight excluding hydrogens is 270 g/mol. The van der Waals surface area contributed by atoms with Crippen molar-refractivity contribution < 1.29 is 21.6 Å². The Hall–Kier alpha value is 0.210. The second-order valence-electron chi connectivity index (χ2n) is 6.61. The van der Waals surface area contributed by atoms with Gasteiger partial charge in [-0.15, -0.1) is 0 Å². The Balaban J connectivity index is 0. The number of nitrogens with zero attached hydrogens (tertiary/aromatic N) is 1. The maximum atomic E-state index is 5.91. The van der Waals surface area contributed by atoms with Crippen LogP contribution in [0.5, 0.6) is 0 Å². The van der Waals surface area contributed by atoms with Gasteiger partial charge in [0.2, 0.25) is 0 Å². The summed E-state index contributed by atoms with van der Waals surface area (Å²) >= 11 is 0. The van der Waals surface area contributed by atoms with Crippen LogP contribution in [0.15, 0.2) is 0 Å². The van der Waals surface area contributed by atoms with Crippen LogP contribution >= 0.6 is 0 Å². The van der Waals surface area contributed by atoms with Crippen LogP contribution in [0.25, 0.3) is 0 Å². The maximum Gasteiger partial charge on any atom is 0.182 e. The van der Waals surface area contributed by atoms with Crippen molar-refractivity contribution in [1.82, 2.24) is 0 Å². The van der Waals surface area contributed by atoms with Gasteiger partial charge < -0.3 is 21.6 Å². The van der Waals surface area contributed by atoms with E-state index in [1.165, 1.54) is 57.9 Å². The second kappa shape index (κ2) is 14.2. The molecule has 0 aliphatic heterocycles. The molecule has 20 heavy (non-hydrogen) atoms. The molecule has 2 nitrogen and oxygen atoms in total. The van der Waals surface area contributed by atoms with E-state index in [2.05, 4.69) is 34.9 Å². The van der Waals surface area contributed by atoms with Gasteiger partial charge in [-0.1, -0.05) is 59.3 Å². The largest absolute Gasteiger partial charge is 1.00 e. The van der Waals surface area contributed by atoms with Gasteiger partial charge in [0.05, 0.1) is 27.2 Å². The van der Waals surface area contributed by atoms with Crippen molar-refractivity contribution in [1.29, 1.82) is 0 Å². The molecule has 0 N–H and O–H groups in total. The van der Waals surface area contributed by atoms with E-state index in [1.54, 1.807) is 0 Å². The van der Waals surface area contributed by atoms with Crippen molar-refractivity contribution in [2.24, 2.45) is 5.92 Å². The summed E-state index contributed by atoms with van der Waals surface area (Å²) in [7, 11) is 4.58. The van der Waals surface area contributed by atoms with Crippen LogP contribution in [-0.4, -0.2) is 38.5 Å². The molecule has 0 spiro atoms. The molecule has 0 saturated heterocycles. The lowest BCUT2D eigenvalue weighted by Crippen LogP contribution is -3.00. The Labute approximate surface area is 134 Å². The molecule has 0 amide bonds. The monoisotopic (exact) mass is 307 g/mol. The number of rotatable bonds is 13. The molecule has 0 aromatic rings. The van der Waals surface area contributed by atoms with E-state index in [4.69, 9.17) is 4.74 Å². The van der Waals surface area contributed by atoms with Gasteiger partial charge >= 0.3 is 0 Å². The second-order valence-corrected chi connectivity index (χ2v) is 6.61. The lowest BCUT2D eigenvalue weighted by molar-refractivity contribution is -0.910. The van der Waals surface area contributed by atoms with Crippen LogP contribution in [-0.2, 0) is 4.74 Å². The lowest BCUT2D eigenvalue weighted by Gasteiger charge is -2.30. The Morgan fingerprint density at radius 3 is 1.95 bits per heavy atom. The highest BCUT2D eigenvalue weighted by Crippen LogP contribution is 2.11. The highest BCUT2D eigenvalue weighted by atomic mass is 35.5. The average Bonchev–Trinajstić information content (AvgIpc) is 2.39. The molecule has 0 rings (SSSR count). The number of halogens is 1. The zero-order chi connectivity index (χ0) is 14.6. The number of ether oxygens (including phenoxy) is 1. The van der Waals surface area contributed by atoms with Gasteiger partial charge in [-0.05, 0) is 18.8 Å². The summed E-state index contributed by atoms with van der Waals surface area (Å²) in [6.07, 6.45) is 10.8. The molecule has 0 aliphatic carbocycles. The molecule has 0 radical (unpaired) electrons. The number of hydrogen-bond acceptors (Lipinski definition) is 1. The Morgan fingerprint density at radius 1 is 0.850 bits per heavy atom. The van der Waals surface area contributed by atoms with Gasteiger partial charge in [0.1, 0.15) is 0 Å². The molecule has 0 aromatic carbocycles. The minimum atomic E-state index is 0. The fraction of sp³-hybridized carbons (Fsp3) is 1.00. The molecule has 124 valence electrons. The molecule has 0 bridgehead atoms. The summed E-state index contributed by atoms with van der Waals surface area (Å²) in [4.78, 5) is 0. The van der Waals surface area contributed by atoms with Gasteiger partial charge in [-0.3, -0.25) is 0 Å². The summed E-state index contributed by atoms with van der Waals surface area (Å²) in [6.45, 7) is 9.84.